The summed E-state index contributed by atoms with van der Waals surface area (Å²) in [6, 6.07) is 8.09. The van der Waals surface area contributed by atoms with E-state index >= 15 is 0 Å². The van der Waals surface area contributed by atoms with Gasteiger partial charge in [-0.15, -0.1) is 10.2 Å². The van der Waals surface area contributed by atoms with Crippen molar-refractivity contribution in [3.05, 3.63) is 41.5 Å². The highest BCUT2D eigenvalue weighted by Gasteiger charge is 2.30. The average Bonchev–Trinajstić information content (AvgIpc) is 2.70. The molecule has 1 aliphatic heterocycles. The quantitative estimate of drug-likeness (QED) is 0.854. The van der Waals surface area contributed by atoms with Crippen LogP contribution < -0.4 is 5.73 Å². The lowest BCUT2D eigenvalue weighted by molar-refractivity contribution is 0.517. The summed E-state index contributed by atoms with van der Waals surface area (Å²) in [5, 5.41) is 8.91. The van der Waals surface area contributed by atoms with Gasteiger partial charge in [0.05, 0.1) is 0 Å². The van der Waals surface area contributed by atoms with E-state index in [1.807, 2.05) is 12.1 Å². The molecule has 0 fully saturated rings. The number of anilines is 1. The zero-order valence-electron chi connectivity index (χ0n) is 12.3. The van der Waals surface area contributed by atoms with Crippen LogP contribution in [-0.2, 0) is 18.4 Å². The van der Waals surface area contributed by atoms with Crippen molar-refractivity contribution in [2.75, 3.05) is 5.73 Å². The van der Waals surface area contributed by atoms with Gasteiger partial charge in [-0.1, -0.05) is 18.6 Å². The van der Waals surface area contributed by atoms with Crippen LogP contribution in [-0.4, -0.2) is 14.8 Å². The van der Waals surface area contributed by atoms with Gasteiger partial charge in [0.2, 0.25) is 0 Å². The molecule has 0 saturated heterocycles. The number of aryl methyl sites for hydroxylation is 1. The smallest absolute Gasteiger partial charge is 0.143 e. The number of hydrogen-bond acceptors (Lipinski definition) is 3. The fraction of sp³-hybridized carbons (Fsp3) is 0.500. The summed E-state index contributed by atoms with van der Waals surface area (Å²) in [5.74, 6) is 2.21. The monoisotopic (exact) mass is 270 g/mol. The van der Waals surface area contributed by atoms with Crippen LogP contribution in [0.15, 0.2) is 24.3 Å². The van der Waals surface area contributed by atoms with Crippen molar-refractivity contribution in [2.24, 2.45) is 0 Å². The molecule has 4 heteroatoms. The number of nitrogens with two attached hydrogens (primary N) is 1. The lowest BCUT2D eigenvalue weighted by Crippen LogP contribution is -2.25. The van der Waals surface area contributed by atoms with Gasteiger partial charge < -0.3 is 10.3 Å². The summed E-state index contributed by atoms with van der Waals surface area (Å²) in [7, 11) is 0. The SMILES string of the molecule is CC(C)(c1ccc(N)cc1)c1nnc2n1CCCCC2. The minimum absolute atomic E-state index is 0.150. The van der Waals surface area contributed by atoms with E-state index in [1.165, 1.54) is 24.8 Å². The number of hydrogen-bond donors (Lipinski definition) is 1. The van der Waals surface area contributed by atoms with Gasteiger partial charge in [0, 0.05) is 24.1 Å². The molecule has 1 aliphatic rings. The van der Waals surface area contributed by atoms with E-state index in [-0.39, 0.29) is 5.41 Å². The second-order valence-corrected chi connectivity index (χ2v) is 6.15. The Morgan fingerprint density at radius 2 is 1.80 bits per heavy atom. The molecule has 2 heterocycles. The van der Waals surface area contributed by atoms with Crippen LogP contribution in [0.2, 0.25) is 0 Å². The van der Waals surface area contributed by atoms with Crippen molar-refractivity contribution >= 4 is 5.69 Å². The Hall–Kier alpha value is -1.84. The molecule has 0 aliphatic carbocycles. The highest BCUT2D eigenvalue weighted by atomic mass is 15.3. The van der Waals surface area contributed by atoms with Gasteiger partial charge in [0.15, 0.2) is 0 Å². The Labute approximate surface area is 120 Å². The van der Waals surface area contributed by atoms with Gasteiger partial charge in [-0.2, -0.15) is 0 Å². The Kier molecular flexibility index (Phi) is 3.24. The Balaban J connectivity index is 2.03. The summed E-state index contributed by atoms with van der Waals surface area (Å²) >= 11 is 0. The molecule has 106 valence electrons. The summed E-state index contributed by atoms with van der Waals surface area (Å²) in [6.07, 6.45) is 4.77. The van der Waals surface area contributed by atoms with Crippen molar-refractivity contribution in [3.63, 3.8) is 0 Å². The third kappa shape index (κ3) is 2.19. The van der Waals surface area contributed by atoms with Crippen LogP contribution in [0, 0.1) is 0 Å². The molecule has 0 radical (unpaired) electrons. The van der Waals surface area contributed by atoms with Gasteiger partial charge in [0.1, 0.15) is 11.6 Å². The zero-order valence-corrected chi connectivity index (χ0v) is 12.3. The van der Waals surface area contributed by atoms with Crippen molar-refractivity contribution < 1.29 is 0 Å². The molecular weight excluding hydrogens is 248 g/mol. The molecule has 3 rings (SSSR count). The van der Waals surface area contributed by atoms with Crippen molar-refractivity contribution in [2.45, 2.75) is 51.5 Å². The summed E-state index contributed by atoms with van der Waals surface area (Å²) in [4.78, 5) is 0. The predicted octanol–water partition coefficient (Wildman–Crippen LogP) is 2.91. The maximum Gasteiger partial charge on any atom is 0.143 e. The van der Waals surface area contributed by atoms with E-state index < -0.39 is 0 Å². The lowest BCUT2D eigenvalue weighted by atomic mass is 9.83. The lowest BCUT2D eigenvalue weighted by Gasteiger charge is -2.25. The molecule has 0 bridgehead atoms. The second kappa shape index (κ2) is 4.93. The standard InChI is InChI=1S/C16H22N4/c1-16(2,12-7-9-13(17)10-8-12)15-19-18-14-6-4-3-5-11-20(14)15/h7-10H,3-6,11,17H2,1-2H3. The molecule has 0 unspecified atom stereocenters. The van der Waals surface area contributed by atoms with E-state index in [4.69, 9.17) is 5.73 Å². The zero-order chi connectivity index (χ0) is 14.2. The normalized spacial score (nSPS) is 15.7. The van der Waals surface area contributed by atoms with Crippen LogP contribution in [0.3, 0.4) is 0 Å². The third-order valence-electron chi connectivity index (χ3n) is 4.30. The van der Waals surface area contributed by atoms with E-state index in [1.54, 1.807) is 0 Å². The van der Waals surface area contributed by atoms with Crippen molar-refractivity contribution in [1.29, 1.82) is 0 Å². The van der Waals surface area contributed by atoms with Gasteiger partial charge in [-0.05, 0) is 44.4 Å². The minimum Gasteiger partial charge on any atom is -0.399 e. The Bertz CT molecular complexity index is 595. The number of benzene rings is 1. The summed E-state index contributed by atoms with van der Waals surface area (Å²) in [5.41, 5.74) is 7.66. The molecule has 0 atom stereocenters. The maximum atomic E-state index is 5.79. The van der Waals surface area contributed by atoms with Crippen LogP contribution in [0.25, 0.3) is 0 Å². The van der Waals surface area contributed by atoms with Gasteiger partial charge in [-0.3, -0.25) is 0 Å². The number of fused-ring (bicyclic) bond motifs is 1. The molecule has 4 nitrogen and oxygen atoms in total. The topological polar surface area (TPSA) is 56.7 Å². The molecule has 2 N–H and O–H groups in total. The van der Waals surface area contributed by atoms with Crippen LogP contribution in [0.4, 0.5) is 5.69 Å². The highest BCUT2D eigenvalue weighted by molar-refractivity contribution is 5.43. The molecule has 1 aromatic heterocycles. The van der Waals surface area contributed by atoms with Crippen molar-refractivity contribution in [1.82, 2.24) is 14.8 Å². The predicted molar refractivity (Wildman–Crippen MR) is 80.6 cm³/mol. The second-order valence-electron chi connectivity index (χ2n) is 6.15. The van der Waals surface area contributed by atoms with E-state index in [0.29, 0.717) is 0 Å². The molecule has 20 heavy (non-hydrogen) atoms. The van der Waals surface area contributed by atoms with E-state index in [2.05, 4.69) is 40.7 Å². The Morgan fingerprint density at radius 3 is 2.55 bits per heavy atom. The molecule has 1 aromatic carbocycles. The van der Waals surface area contributed by atoms with Crippen LogP contribution in [0.1, 0.15) is 50.3 Å². The van der Waals surface area contributed by atoms with Crippen LogP contribution in [0.5, 0.6) is 0 Å². The molecule has 0 spiro atoms. The number of aromatic nitrogens is 3. The first-order chi connectivity index (χ1) is 9.59. The number of nitrogens with zero attached hydrogens (tertiary/aromatic N) is 3. The van der Waals surface area contributed by atoms with E-state index in [9.17, 15) is 0 Å². The van der Waals surface area contributed by atoms with Gasteiger partial charge >= 0.3 is 0 Å². The molecule has 2 aromatic rings. The van der Waals surface area contributed by atoms with Gasteiger partial charge in [-0.25, -0.2) is 0 Å². The van der Waals surface area contributed by atoms with Crippen LogP contribution >= 0.6 is 0 Å². The Morgan fingerprint density at radius 1 is 1.05 bits per heavy atom. The molecule has 0 saturated carbocycles. The molecule has 0 amide bonds. The summed E-state index contributed by atoms with van der Waals surface area (Å²) < 4.78 is 2.32. The highest BCUT2D eigenvalue weighted by Crippen LogP contribution is 2.32. The number of nitrogen functional groups attached to an aromatic ring is 1. The molecular formula is C16H22N4. The average molecular weight is 270 g/mol. The fourth-order valence-electron chi connectivity index (χ4n) is 2.98. The van der Waals surface area contributed by atoms with Crippen molar-refractivity contribution in [3.8, 4) is 0 Å². The first-order valence-corrected chi connectivity index (χ1v) is 7.37. The largest absolute Gasteiger partial charge is 0.399 e. The first kappa shape index (κ1) is 13.2. The number of rotatable bonds is 2. The minimum atomic E-state index is -0.150. The van der Waals surface area contributed by atoms with Gasteiger partial charge in [0.25, 0.3) is 0 Å². The summed E-state index contributed by atoms with van der Waals surface area (Å²) in [6.45, 7) is 5.46. The van der Waals surface area contributed by atoms with E-state index in [0.717, 1.165) is 30.3 Å². The first-order valence-electron chi connectivity index (χ1n) is 7.37. The fourth-order valence-corrected chi connectivity index (χ4v) is 2.98. The maximum absolute atomic E-state index is 5.79. The third-order valence-corrected chi connectivity index (χ3v) is 4.30.